The van der Waals surface area contributed by atoms with E-state index in [0.717, 1.165) is 4.90 Å². The number of hydrogen-bond donors (Lipinski definition) is 0. The normalized spacial score (nSPS) is 17.3. The smallest absolute Gasteiger partial charge is 0.314 e. The van der Waals surface area contributed by atoms with Crippen LogP contribution in [0.25, 0.3) is 0 Å². The van der Waals surface area contributed by atoms with Crippen molar-refractivity contribution in [2.24, 2.45) is 0 Å². The SMILES string of the molecule is O=C1c2ccccc2C(c2ccccc2)(C(F)(F)C(=O)c2ccc(Br)cc2)N1Cc1ccccc1. The lowest BCUT2D eigenvalue weighted by molar-refractivity contribution is -0.0847. The van der Waals surface area contributed by atoms with Gasteiger partial charge in [0, 0.05) is 27.7 Å². The largest absolute Gasteiger partial charge is 0.340 e. The highest BCUT2D eigenvalue weighted by Crippen LogP contribution is 2.55. The van der Waals surface area contributed by atoms with Gasteiger partial charge in [0.1, 0.15) is 0 Å². The van der Waals surface area contributed by atoms with E-state index in [1.807, 2.05) is 6.07 Å². The molecular weight excluding hydrogens is 512 g/mol. The molecule has 0 radical (unpaired) electrons. The van der Waals surface area contributed by atoms with Gasteiger partial charge in [-0.15, -0.1) is 0 Å². The van der Waals surface area contributed by atoms with E-state index in [1.54, 1.807) is 84.9 Å². The molecule has 0 saturated heterocycles. The molecule has 1 atom stereocenters. The van der Waals surface area contributed by atoms with E-state index >= 15 is 8.78 Å². The molecule has 35 heavy (non-hydrogen) atoms. The number of Topliss-reactive ketones (excluding diaryl/α,β-unsaturated/α-hetero) is 1. The number of amides is 1. The number of carbonyl (C=O) groups excluding carboxylic acids is 2. The van der Waals surface area contributed by atoms with Gasteiger partial charge in [0.15, 0.2) is 5.54 Å². The maximum Gasteiger partial charge on any atom is 0.340 e. The van der Waals surface area contributed by atoms with Crippen molar-refractivity contribution in [3.05, 3.63) is 141 Å². The lowest BCUT2D eigenvalue weighted by Gasteiger charge is -2.44. The molecule has 1 aliphatic rings. The molecule has 1 amide bonds. The molecule has 0 saturated carbocycles. The first kappa shape index (κ1) is 23.1. The minimum absolute atomic E-state index is 0.0908. The van der Waals surface area contributed by atoms with Gasteiger partial charge in [0.05, 0.1) is 0 Å². The van der Waals surface area contributed by atoms with Crippen LogP contribution >= 0.6 is 15.9 Å². The highest BCUT2D eigenvalue weighted by molar-refractivity contribution is 9.10. The summed E-state index contributed by atoms with van der Waals surface area (Å²) in [6.45, 7) is -0.0908. The molecule has 1 heterocycles. The number of alkyl halides is 2. The number of halogens is 3. The van der Waals surface area contributed by atoms with Crippen LogP contribution in [0.15, 0.2) is 114 Å². The van der Waals surface area contributed by atoms with Crippen LogP contribution in [0.3, 0.4) is 0 Å². The van der Waals surface area contributed by atoms with Gasteiger partial charge in [0.2, 0.25) is 5.78 Å². The Balaban J connectivity index is 1.80. The molecule has 1 aliphatic heterocycles. The average molecular weight is 532 g/mol. The van der Waals surface area contributed by atoms with Gasteiger partial charge in [-0.2, -0.15) is 8.78 Å². The fourth-order valence-electron chi connectivity index (χ4n) is 4.84. The van der Waals surface area contributed by atoms with Crippen molar-refractivity contribution >= 4 is 27.6 Å². The number of ketones is 1. The molecule has 5 rings (SSSR count). The van der Waals surface area contributed by atoms with Crippen LogP contribution in [-0.2, 0) is 12.1 Å². The summed E-state index contributed by atoms with van der Waals surface area (Å²) < 4.78 is 34.5. The van der Waals surface area contributed by atoms with Crippen LogP contribution in [0.4, 0.5) is 8.78 Å². The number of carbonyl (C=O) groups is 2. The summed E-state index contributed by atoms with van der Waals surface area (Å²) in [5.74, 6) is -5.88. The van der Waals surface area contributed by atoms with Crippen molar-refractivity contribution in [3.8, 4) is 0 Å². The molecule has 4 aromatic carbocycles. The molecule has 3 nitrogen and oxygen atoms in total. The summed E-state index contributed by atoms with van der Waals surface area (Å²) in [7, 11) is 0. The molecule has 0 aliphatic carbocycles. The molecule has 0 bridgehead atoms. The number of nitrogens with zero attached hydrogens (tertiary/aromatic N) is 1. The second-order valence-corrected chi connectivity index (χ2v) is 9.33. The fourth-order valence-corrected chi connectivity index (χ4v) is 5.11. The second kappa shape index (κ2) is 8.86. The first-order chi connectivity index (χ1) is 16.9. The molecule has 174 valence electrons. The number of fused-ring (bicyclic) bond motifs is 1. The first-order valence-corrected chi connectivity index (χ1v) is 11.9. The molecule has 4 aromatic rings. The van der Waals surface area contributed by atoms with Crippen LogP contribution in [-0.4, -0.2) is 22.5 Å². The van der Waals surface area contributed by atoms with E-state index in [0.29, 0.717) is 10.0 Å². The maximum atomic E-state index is 16.9. The predicted molar refractivity (Wildman–Crippen MR) is 133 cm³/mol. The van der Waals surface area contributed by atoms with E-state index in [-0.39, 0.29) is 28.8 Å². The zero-order valence-corrected chi connectivity index (χ0v) is 20.1. The van der Waals surface area contributed by atoms with Crippen molar-refractivity contribution in [2.75, 3.05) is 0 Å². The van der Waals surface area contributed by atoms with Crippen molar-refractivity contribution in [2.45, 2.75) is 18.0 Å². The van der Waals surface area contributed by atoms with Crippen LogP contribution < -0.4 is 0 Å². The molecule has 0 fully saturated rings. The molecule has 6 heteroatoms. The molecule has 0 N–H and O–H groups in total. The molecule has 0 spiro atoms. The van der Waals surface area contributed by atoms with Gasteiger partial charge in [-0.3, -0.25) is 9.59 Å². The Hall–Kier alpha value is -3.64. The third-order valence-electron chi connectivity index (χ3n) is 6.42. The van der Waals surface area contributed by atoms with Crippen molar-refractivity contribution in [1.29, 1.82) is 0 Å². The van der Waals surface area contributed by atoms with Gasteiger partial charge in [0.25, 0.3) is 5.91 Å². The predicted octanol–water partition coefficient (Wildman–Crippen LogP) is 6.87. The van der Waals surface area contributed by atoms with Crippen LogP contribution in [0, 0.1) is 0 Å². The van der Waals surface area contributed by atoms with E-state index in [9.17, 15) is 9.59 Å². The maximum absolute atomic E-state index is 16.9. The zero-order valence-electron chi connectivity index (χ0n) is 18.5. The van der Waals surface area contributed by atoms with Gasteiger partial charge in [-0.25, -0.2) is 0 Å². The Morgan fingerprint density at radius 3 is 2.03 bits per heavy atom. The van der Waals surface area contributed by atoms with E-state index in [2.05, 4.69) is 15.9 Å². The summed E-state index contributed by atoms with van der Waals surface area (Å²) in [5, 5.41) is 0. The highest BCUT2D eigenvalue weighted by Gasteiger charge is 2.68. The van der Waals surface area contributed by atoms with E-state index in [4.69, 9.17) is 0 Å². The lowest BCUT2D eigenvalue weighted by atomic mass is 9.74. The van der Waals surface area contributed by atoms with Crippen LogP contribution in [0.5, 0.6) is 0 Å². The van der Waals surface area contributed by atoms with Gasteiger partial charge in [-0.05, 0) is 29.3 Å². The number of benzene rings is 4. The Labute approximate surface area is 210 Å². The molecule has 0 aromatic heterocycles. The number of hydrogen-bond acceptors (Lipinski definition) is 2. The van der Waals surface area contributed by atoms with Crippen LogP contribution in [0.1, 0.15) is 37.4 Å². The molecule has 1 unspecified atom stereocenters. The second-order valence-electron chi connectivity index (χ2n) is 8.41. The van der Waals surface area contributed by atoms with Gasteiger partial charge in [-0.1, -0.05) is 107 Å². The standard InChI is InChI=1S/C29H20BrF2NO2/c30-23-17-15-21(16-18-23)26(34)29(31,32)28(22-11-5-2-6-12-22)25-14-8-7-13-24(25)27(35)33(28)19-20-9-3-1-4-10-20/h1-18H,19H2. The summed E-state index contributed by atoms with van der Waals surface area (Å²) in [6, 6.07) is 29.2. The average Bonchev–Trinajstić information content (AvgIpc) is 3.14. The third-order valence-corrected chi connectivity index (χ3v) is 6.95. The molecular formula is C29H20BrF2NO2. The topological polar surface area (TPSA) is 37.4 Å². The Kier molecular flexibility index (Phi) is 5.85. The quantitative estimate of drug-likeness (QED) is 0.254. The summed E-state index contributed by atoms with van der Waals surface area (Å²) in [5.41, 5.74) is -1.34. The fraction of sp³-hybridized carbons (Fsp3) is 0.103. The highest BCUT2D eigenvalue weighted by atomic mass is 79.9. The lowest BCUT2D eigenvalue weighted by Crippen LogP contribution is -2.59. The summed E-state index contributed by atoms with van der Waals surface area (Å²) in [6.07, 6.45) is 0. The first-order valence-electron chi connectivity index (χ1n) is 11.1. The van der Waals surface area contributed by atoms with Crippen molar-refractivity contribution in [3.63, 3.8) is 0 Å². The minimum atomic E-state index is -3.99. The summed E-state index contributed by atoms with van der Waals surface area (Å²) >= 11 is 3.28. The van der Waals surface area contributed by atoms with Crippen molar-refractivity contribution in [1.82, 2.24) is 4.90 Å². The summed E-state index contributed by atoms with van der Waals surface area (Å²) in [4.78, 5) is 28.4. The monoisotopic (exact) mass is 531 g/mol. The van der Waals surface area contributed by atoms with E-state index in [1.165, 1.54) is 18.2 Å². The Morgan fingerprint density at radius 2 is 1.37 bits per heavy atom. The van der Waals surface area contributed by atoms with Crippen molar-refractivity contribution < 1.29 is 18.4 Å². The van der Waals surface area contributed by atoms with E-state index < -0.39 is 23.2 Å². The van der Waals surface area contributed by atoms with Gasteiger partial charge >= 0.3 is 5.92 Å². The Bertz CT molecular complexity index is 1390. The zero-order chi connectivity index (χ0) is 24.6. The minimum Gasteiger partial charge on any atom is -0.314 e. The van der Waals surface area contributed by atoms with Gasteiger partial charge < -0.3 is 4.90 Å². The number of rotatable bonds is 6. The third kappa shape index (κ3) is 3.60. The Morgan fingerprint density at radius 1 is 0.800 bits per heavy atom. The van der Waals surface area contributed by atoms with Crippen LogP contribution in [0.2, 0.25) is 0 Å².